The summed E-state index contributed by atoms with van der Waals surface area (Å²) in [6, 6.07) is 4.18. The second-order valence-corrected chi connectivity index (χ2v) is 5.75. The summed E-state index contributed by atoms with van der Waals surface area (Å²) in [7, 11) is 0. The number of hydrogen-bond donors (Lipinski definition) is 1. The van der Waals surface area contributed by atoms with Crippen LogP contribution in [0.1, 0.15) is 34.6 Å². The van der Waals surface area contributed by atoms with Crippen molar-refractivity contribution < 1.29 is 14.4 Å². The zero-order chi connectivity index (χ0) is 17.9. The zero-order valence-electron chi connectivity index (χ0n) is 13.9. The van der Waals surface area contributed by atoms with Crippen molar-refractivity contribution in [2.24, 2.45) is 0 Å². The molecule has 0 aromatic heterocycles. The van der Waals surface area contributed by atoms with Crippen molar-refractivity contribution in [2.75, 3.05) is 18.4 Å². The molecule has 0 atom stereocenters. The number of benzene rings is 1. The molecule has 0 unspecified atom stereocenters. The predicted molar refractivity (Wildman–Crippen MR) is 93.1 cm³/mol. The van der Waals surface area contributed by atoms with Crippen LogP contribution in [0.25, 0.3) is 0 Å². The van der Waals surface area contributed by atoms with Crippen LogP contribution in [-0.2, 0) is 0 Å². The highest BCUT2D eigenvalue weighted by molar-refractivity contribution is 6.22. The lowest BCUT2D eigenvalue weighted by atomic mass is 10.1. The van der Waals surface area contributed by atoms with E-state index in [9.17, 15) is 14.4 Å². The Hall–Kier alpha value is -2.89. The van der Waals surface area contributed by atoms with Crippen LogP contribution in [0.3, 0.4) is 0 Å². The molecule has 1 aliphatic heterocycles. The number of amides is 4. The van der Waals surface area contributed by atoms with Crippen molar-refractivity contribution in [1.29, 1.82) is 0 Å². The number of rotatable bonds is 6. The molecule has 1 aromatic carbocycles. The summed E-state index contributed by atoms with van der Waals surface area (Å²) in [6.45, 7) is 11.6. The second-order valence-electron chi connectivity index (χ2n) is 5.75. The van der Waals surface area contributed by atoms with Gasteiger partial charge in [-0.15, -0.1) is 13.2 Å². The van der Waals surface area contributed by atoms with Crippen molar-refractivity contribution in [3.63, 3.8) is 0 Å². The molecule has 0 radical (unpaired) electrons. The molecule has 0 aliphatic carbocycles. The molecule has 6 heteroatoms. The van der Waals surface area contributed by atoms with Crippen LogP contribution < -0.4 is 5.32 Å². The molecule has 0 saturated carbocycles. The van der Waals surface area contributed by atoms with E-state index in [1.54, 1.807) is 38.1 Å². The van der Waals surface area contributed by atoms with E-state index in [4.69, 9.17) is 0 Å². The van der Waals surface area contributed by atoms with Gasteiger partial charge in [-0.1, -0.05) is 12.2 Å². The predicted octanol–water partition coefficient (Wildman–Crippen LogP) is 2.90. The maximum absolute atomic E-state index is 12.4. The third kappa shape index (κ3) is 3.22. The van der Waals surface area contributed by atoms with E-state index in [1.165, 1.54) is 15.9 Å². The first-order valence-corrected chi connectivity index (χ1v) is 7.70. The summed E-state index contributed by atoms with van der Waals surface area (Å²) in [5, 5.41) is 2.73. The molecule has 24 heavy (non-hydrogen) atoms. The average Bonchev–Trinajstić information content (AvgIpc) is 2.78. The smallest absolute Gasteiger partial charge is 0.317 e. The summed E-state index contributed by atoms with van der Waals surface area (Å²) >= 11 is 0. The normalized spacial score (nSPS) is 13.0. The summed E-state index contributed by atoms with van der Waals surface area (Å²) in [6.07, 6.45) is 3.24. The monoisotopic (exact) mass is 327 g/mol. The van der Waals surface area contributed by atoms with Crippen LogP contribution in [0.2, 0.25) is 0 Å². The Morgan fingerprint density at radius 3 is 2.29 bits per heavy atom. The van der Waals surface area contributed by atoms with Crippen molar-refractivity contribution in [1.82, 2.24) is 9.80 Å². The van der Waals surface area contributed by atoms with Gasteiger partial charge in [-0.25, -0.2) is 4.79 Å². The van der Waals surface area contributed by atoms with Crippen molar-refractivity contribution in [2.45, 2.75) is 19.9 Å². The molecule has 0 fully saturated rings. The van der Waals surface area contributed by atoms with Crippen LogP contribution in [0.4, 0.5) is 10.5 Å². The van der Waals surface area contributed by atoms with Gasteiger partial charge in [-0.3, -0.25) is 14.5 Å². The zero-order valence-corrected chi connectivity index (χ0v) is 13.9. The van der Waals surface area contributed by atoms with Gasteiger partial charge in [0, 0.05) is 24.8 Å². The molecular weight excluding hydrogens is 306 g/mol. The number of nitrogens with zero attached hydrogens (tertiary/aromatic N) is 2. The largest absolute Gasteiger partial charge is 0.322 e. The fourth-order valence-corrected chi connectivity index (χ4v) is 2.56. The van der Waals surface area contributed by atoms with Crippen molar-refractivity contribution in [3.8, 4) is 0 Å². The van der Waals surface area contributed by atoms with Gasteiger partial charge < -0.3 is 10.2 Å². The fourth-order valence-electron chi connectivity index (χ4n) is 2.56. The minimum Gasteiger partial charge on any atom is -0.317 e. The van der Waals surface area contributed by atoms with Gasteiger partial charge in [-0.2, -0.15) is 0 Å². The summed E-state index contributed by atoms with van der Waals surface area (Å²) in [5.41, 5.74) is 1.13. The minimum absolute atomic E-state index is 0.217. The summed E-state index contributed by atoms with van der Waals surface area (Å²) in [4.78, 5) is 39.6. The van der Waals surface area contributed by atoms with Gasteiger partial charge in [-0.05, 0) is 32.0 Å². The number of anilines is 1. The Balaban J connectivity index is 2.23. The molecule has 1 aromatic rings. The fraction of sp³-hybridized carbons (Fsp3) is 0.278. The second kappa shape index (κ2) is 7.12. The maximum atomic E-state index is 12.4. The minimum atomic E-state index is -0.338. The van der Waals surface area contributed by atoms with Crippen molar-refractivity contribution in [3.05, 3.63) is 54.6 Å². The third-order valence-corrected chi connectivity index (χ3v) is 3.67. The highest BCUT2D eigenvalue weighted by Gasteiger charge is 2.37. The van der Waals surface area contributed by atoms with Crippen LogP contribution in [0, 0.1) is 0 Å². The number of imide groups is 1. The Morgan fingerprint density at radius 1 is 1.17 bits per heavy atom. The topological polar surface area (TPSA) is 69.7 Å². The third-order valence-electron chi connectivity index (χ3n) is 3.67. The molecule has 6 nitrogen and oxygen atoms in total. The van der Waals surface area contributed by atoms with E-state index in [1.807, 2.05) is 0 Å². The first kappa shape index (κ1) is 17.5. The molecule has 126 valence electrons. The number of carbonyl (C=O) groups excluding carboxylic acids is 3. The van der Waals surface area contributed by atoms with E-state index in [2.05, 4.69) is 18.5 Å². The lowest BCUT2D eigenvalue weighted by Gasteiger charge is -2.20. The standard InChI is InChI=1S/C18H21N3O3/c1-5-9-20(10-6-2)18(24)19-13-7-8-14-15(11-13)17(23)21(12(3)4)16(14)22/h5-8,11-12H,1-2,9-10H2,3-4H3,(H,19,24). The molecule has 0 spiro atoms. The molecular formula is C18H21N3O3. The van der Waals surface area contributed by atoms with Crippen molar-refractivity contribution >= 4 is 23.5 Å². The first-order valence-electron chi connectivity index (χ1n) is 7.70. The summed E-state index contributed by atoms with van der Waals surface area (Å²) < 4.78 is 0. The highest BCUT2D eigenvalue weighted by Crippen LogP contribution is 2.27. The quantitative estimate of drug-likeness (QED) is 0.645. The summed E-state index contributed by atoms with van der Waals surface area (Å²) in [5.74, 6) is -0.641. The molecule has 0 bridgehead atoms. The SMILES string of the molecule is C=CCN(CC=C)C(=O)Nc1ccc2c(c1)C(=O)N(C(C)C)C2=O. The molecule has 0 saturated heterocycles. The van der Waals surface area contributed by atoms with Crippen LogP contribution in [-0.4, -0.2) is 46.8 Å². The van der Waals surface area contributed by atoms with Gasteiger partial charge in [0.15, 0.2) is 0 Å². The van der Waals surface area contributed by atoms with Crippen LogP contribution >= 0.6 is 0 Å². The Labute approximate surface area is 141 Å². The van der Waals surface area contributed by atoms with Gasteiger partial charge in [0.25, 0.3) is 11.8 Å². The number of fused-ring (bicyclic) bond motifs is 1. The van der Waals surface area contributed by atoms with Gasteiger partial charge in [0.2, 0.25) is 0 Å². The van der Waals surface area contributed by atoms with E-state index >= 15 is 0 Å². The number of carbonyl (C=O) groups is 3. The molecule has 2 rings (SSSR count). The average molecular weight is 327 g/mol. The molecule has 1 N–H and O–H groups in total. The van der Waals surface area contributed by atoms with E-state index in [-0.39, 0.29) is 23.9 Å². The van der Waals surface area contributed by atoms with Crippen LogP contribution in [0.5, 0.6) is 0 Å². The lowest BCUT2D eigenvalue weighted by molar-refractivity contribution is 0.0609. The van der Waals surface area contributed by atoms with Gasteiger partial charge in [0.05, 0.1) is 11.1 Å². The highest BCUT2D eigenvalue weighted by atomic mass is 16.2. The molecule has 1 heterocycles. The Kier molecular flexibility index (Phi) is 5.18. The Bertz CT molecular complexity index is 699. The maximum Gasteiger partial charge on any atom is 0.322 e. The van der Waals surface area contributed by atoms with E-state index in [0.29, 0.717) is 29.9 Å². The Morgan fingerprint density at radius 2 is 1.75 bits per heavy atom. The van der Waals surface area contributed by atoms with Gasteiger partial charge >= 0.3 is 6.03 Å². The number of nitrogens with one attached hydrogen (secondary N) is 1. The van der Waals surface area contributed by atoms with E-state index < -0.39 is 0 Å². The van der Waals surface area contributed by atoms with Gasteiger partial charge in [0.1, 0.15) is 0 Å². The number of hydrogen-bond acceptors (Lipinski definition) is 3. The lowest BCUT2D eigenvalue weighted by Crippen LogP contribution is -2.36. The number of urea groups is 1. The van der Waals surface area contributed by atoms with Crippen LogP contribution in [0.15, 0.2) is 43.5 Å². The molecule has 4 amide bonds. The van der Waals surface area contributed by atoms with E-state index in [0.717, 1.165) is 0 Å². The first-order chi connectivity index (χ1) is 11.4. The molecule has 1 aliphatic rings.